The number of halogens is 1. The first-order chi connectivity index (χ1) is 8.41. The average Bonchev–Trinajstić information content (AvgIpc) is 2.50. The maximum atomic E-state index is 11.4. The summed E-state index contributed by atoms with van der Waals surface area (Å²) in [5.41, 5.74) is 6.84. The minimum absolute atomic E-state index is 0.151. The van der Waals surface area contributed by atoms with Crippen LogP contribution in [0.15, 0.2) is 0 Å². The molecule has 0 fully saturated rings. The van der Waals surface area contributed by atoms with Crippen LogP contribution >= 0.6 is 11.6 Å². The number of carbonyl (C=O) groups is 2. The normalized spacial score (nSPS) is 15.2. The van der Waals surface area contributed by atoms with Gasteiger partial charge in [0.25, 0.3) is 5.91 Å². The molecular weight excluding hydrogens is 262 g/mol. The van der Waals surface area contributed by atoms with Crippen molar-refractivity contribution in [3.8, 4) is 0 Å². The van der Waals surface area contributed by atoms with E-state index in [-0.39, 0.29) is 12.1 Å². The molecule has 1 aliphatic rings. The number of carbonyl (C=O) groups excluding carboxylic acids is 1. The van der Waals surface area contributed by atoms with E-state index in [1.807, 2.05) is 4.57 Å². The lowest BCUT2D eigenvalue weighted by molar-refractivity contribution is -0.136. The van der Waals surface area contributed by atoms with E-state index in [1.165, 1.54) is 5.06 Å². The molecule has 1 aromatic rings. The SMILES string of the molecule is Cc1c(Cl)c(C(N)=O)c2n1CCN(OC(=O)O)C2. The summed E-state index contributed by atoms with van der Waals surface area (Å²) in [5, 5.41) is 10.1. The second-order valence-electron chi connectivity index (χ2n) is 3.96. The molecule has 8 heteroatoms. The Hall–Kier alpha value is -1.73. The Balaban J connectivity index is 2.39. The monoisotopic (exact) mass is 273 g/mol. The first-order valence-corrected chi connectivity index (χ1v) is 5.62. The van der Waals surface area contributed by atoms with Crippen molar-refractivity contribution in [3.05, 3.63) is 22.0 Å². The zero-order valence-corrected chi connectivity index (χ0v) is 10.4. The minimum atomic E-state index is -1.39. The first kappa shape index (κ1) is 12.7. The minimum Gasteiger partial charge on any atom is -0.448 e. The van der Waals surface area contributed by atoms with Crippen LogP contribution in [0.1, 0.15) is 21.7 Å². The number of carboxylic acid groups (broad SMARTS) is 1. The van der Waals surface area contributed by atoms with Gasteiger partial charge in [-0.3, -0.25) is 4.79 Å². The lowest BCUT2D eigenvalue weighted by Crippen LogP contribution is -2.36. The van der Waals surface area contributed by atoms with Crippen molar-refractivity contribution in [2.24, 2.45) is 5.73 Å². The largest absolute Gasteiger partial charge is 0.525 e. The van der Waals surface area contributed by atoms with Crippen LogP contribution in [0, 0.1) is 6.92 Å². The number of hydrogen-bond donors (Lipinski definition) is 2. The van der Waals surface area contributed by atoms with E-state index in [2.05, 4.69) is 4.84 Å². The van der Waals surface area contributed by atoms with E-state index in [9.17, 15) is 9.59 Å². The van der Waals surface area contributed by atoms with Crippen LogP contribution in [0.3, 0.4) is 0 Å². The Bertz CT molecular complexity index is 526. The molecule has 7 nitrogen and oxygen atoms in total. The third-order valence-electron chi connectivity index (χ3n) is 2.91. The van der Waals surface area contributed by atoms with Gasteiger partial charge >= 0.3 is 6.16 Å². The Morgan fingerprint density at radius 3 is 2.67 bits per heavy atom. The van der Waals surface area contributed by atoms with E-state index in [0.717, 1.165) is 5.69 Å². The van der Waals surface area contributed by atoms with Gasteiger partial charge in [0.15, 0.2) is 0 Å². The van der Waals surface area contributed by atoms with Crippen LogP contribution in [-0.4, -0.2) is 33.3 Å². The summed E-state index contributed by atoms with van der Waals surface area (Å²) in [7, 11) is 0. The molecule has 0 radical (unpaired) electrons. The van der Waals surface area contributed by atoms with Gasteiger partial charge in [-0.1, -0.05) is 11.6 Å². The Morgan fingerprint density at radius 2 is 2.11 bits per heavy atom. The predicted octanol–water partition coefficient (Wildman–Crippen LogP) is 0.974. The second-order valence-corrected chi connectivity index (χ2v) is 4.34. The third-order valence-corrected chi connectivity index (χ3v) is 3.37. The molecule has 0 unspecified atom stereocenters. The number of hydroxylamine groups is 2. The standard InChI is InChI=1S/C10H12ClN3O4/c1-5-8(11)7(9(12)15)6-4-13(18-10(16)17)2-3-14(5)6/h2-4H2,1H3,(H2,12,15)(H,16,17). The number of rotatable bonds is 2. The molecular formula is C10H12ClN3O4. The van der Waals surface area contributed by atoms with Crippen molar-refractivity contribution in [1.29, 1.82) is 0 Å². The Kier molecular flexibility index (Phi) is 3.18. The predicted molar refractivity (Wildman–Crippen MR) is 62.2 cm³/mol. The molecule has 2 heterocycles. The first-order valence-electron chi connectivity index (χ1n) is 5.25. The topological polar surface area (TPSA) is 97.8 Å². The molecule has 0 bridgehead atoms. The molecule has 0 spiro atoms. The highest BCUT2D eigenvalue weighted by molar-refractivity contribution is 6.34. The zero-order valence-electron chi connectivity index (χ0n) is 9.64. The van der Waals surface area contributed by atoms with E-state index >= 15 is 0 Å². The summed E-state index contributed by atoms with van der Waals surface area (Å²) in [6.45, 7) is 2.81. The number of nitrogens with zero attached hydrogens (tertiary/aromatic N) is 2. The maximum Gasteiger partial charge on any atom is 0.525 e. The molecule has 2 rings (SSSR count). The van der Waals surface area contributed by atoms with Crippen LogP contribution < -0.4 is 5.73 Å². The smallest absolute Gasteiger partial charge is 0.448 e. The summed E-state index contributed by atoms with van der Waals surface area (Å²) < 4.78 is 1.85. The number of nitrogens with two attached hydrogens (primary N) is 1. The molecule has 1 aromatic heterocycles. The molecule has 1 amide bonds. The van der Waals surface area contributed by atoms with Crippen LogP contribution in [0.5, 0.6) is 0 Å². The van der Waals surface area contributed by atoms with Gasteiger partial charge in [0.2, 0.25) is 0 Å². The number of aromatic nitrogens is 1. The molecule has 0 atom stereocenters. The molecule has 98 valence electrons. The van der Waals surface area contributed by atoms with Crippen molar-refractivity contribution >= 4 is 23.7 Å². The van der Waals surface area contributed by atoms with Crippen molar-refractivity contribution in [1.82, 2.24) is 9.63 Å². The van der Waals surface area contributed by atoms with Crippen LogP contribution in [0.2, 0.25) is 5.02 Å². The summed E-state index contributed by atoms with van der Waals surface area (Å²) in [5.74, 6) is -0.631. The number of fused-ring (bicyclic) bond motifs is 1. The fourth-order valence-electron chi connectivity index (χ4n) is 2.13. The van der Waals surface area contributed by atoms with Crippen molar-refractivity contribution in [2.45, 2.75) is 20.0 Å². The van der Waals surface area contributed by atoms with Gasteiger partial charge in [0, 0.05) is 17.9 Å². The average molecular weight is 274 g/mol. The fraction of sp³-hybridized carbons (Fsp3) is 0.400. The Morgan fingerprint density at radius 1 is 1.44 bits per heavy atom. The molecule has 1 aliphatic heterocycles. The molecule has 0 aromatic carbocycles. The zero-order chi connectivity index (χ0) is 13.4. The summed E-state index contributed by atoms with van der Waals surface area (Å²) in [6.07, 6.45) is -1.39. The molecule has 3 N–H and O–H groups in total. The third kappa shape index (κ3) is 2.02. The highest BCUT2D eigenvalue weighted by Crippen LogP contribution is 2.30. The lowest BCUT2D eigenvalue weighted by atomic mass is 10.2. The van der Waals surface area contributed by atoms with Crippen molar-refractivity contribution in [2.75, 3.05) is 6.54 Å². The van der Waals surface area contributed by atoms with E-state index < -0.39 is 12.1 Å². The van der Waals surface area contributed by atoms with E-state index in [0.29, 0.717) is 23.8 Å². The van der Waals surface area contributed by atoms with Gasteiger partial charge in [-0.25, -0.2) is 4.79 Å². The lowest BCUT2D eigenvalue weighted by Gasteiger charge is -2.26. The molecule has 0 aliphatic carbocycles. The van der Waals surface area contributed by atoms with Gasteiger partial charge in [0.1, 0.15) is 0 Å². The fourth-order valence-corrected chi connectivity index (χ4v) is 2.43. The number of amides is 1. The number of primary amides is 1. The van der Waals surface area contributed by atoms with Crippen LogP contribution in [0.4, 0.5) is 4.79 Å². The van der Waals surface area contributed by atoms with E-state index in [4.69, 9.17) is 22.4 Å². The van der Waals surface area contributed by atoms with Gasteiger partial charge in [-0.05, 0) is 6.92 Å². The van der Waals surface area contributed by atoms with Crippen LogP contribution in [-0.2, 0) is 17.9 Å². The highest BCUT2D eigenvalue weighted by Gasteiger charge is 2.28. The summed E-state index contributed by atoms with van der Waals surface area (Å²) >= 11 is 6.06. The molecule has 0 saturated carbocycles. The van der Waals surface area contributed by atoms with E-state index in [1.54, 1.807) is 6.92 Å². The molecule has 18 heavy (non-hydrogen) atoms. The van der Waals surface area contributed by atoms with Gasteiger partial charge in [-0.15, -0.1) is 5.06 Å². The molecule has 0 saturated heterocycles. The number of hydrogen-bond acceptors (Lipinski definition) is 4. The van der Waals surface area contributed by atoms with Gasteiger partial charge < -0.3 is 20.2 Å². The van der Waals surface area contributed by atoms with Crippen molar-refractivity contribution in [3.63, 3.8) is 0 Å². The van der Waals surface area contributed by atoms with Gasteiger partial charge in [0.05, 0.1) is 23.7 Å². The summed E-state index contributed by atoms with van der Waals surface area (Å²) in [6, 6.07) is 0. The van der Waals surface area contributed by atoms with Crippen LogP contribution in [0.25, 0.3) is 0 Å². The Labute approximate surface area is 108 Å². The highest BCUT2D eigenvalue weighted by atomic mass is 35.5. The summed E-state index contributed by atoms with van der Waals surface area (Å²) in [4.78, 5) is 26.4. The quantitative estimate of drug-likeness (QED) is 0.837. The van der Waals surface area contributed by atoms with Crippen molar-refractivity contribution < 1.29 is 19.5 Å². The maximum absolute atomic E-state index is 11.4. The second kappa shape index (κ2) is 4.51. The van der Waals surface area contributed by atoms with Gasteiger partial charge in [-0.2, -0.15) is 0 Å².